The molecule has 16 heavy (non-hydrogen) atoms. The molecule has 1 saturated heterocycles. The van der Waals surface area contributed by atoms with E-state index in [1.54, 1.807) is 0 Å². The minimum Gasteiger partial charge on any atom is -0.299 e. The first-order valence-electron chi connectivity index (χ1n) is 6.89. The Morgan fingerprint density at radius 3 is 2.38 bits per heavy atom. The van der Waals surface area contributed by atoms with Crippen molar-refractivity contribution >= 4 is 11.8 Å². The van der Waals surface area contributed by atoms with Crippen LogP contribution in [-0.4, -0.2) is 16.7 Å². The molecule has 2 fully saturated rings. The van der Waals surface area contributed by atoms with Crippen molar-refractivity contribution in [3.63, 3.8) is 0 Å². The smallest absolute Gasteiger partial charge is 0.0648 e. The van der Waals surface area contributed by atoms with Crippen LogP contribution < -0.4 is 5.32 Å². The van der Waals surface area contributed by atoms with Crippen LogP contribution in [-0.2, 0) is 0 Å². The predicted octanol–water partition coefficient (Wildman–Crippen LogP) is 4.03. The molecule has 1 aliphatic carbocycles. The van der Waals surface area contributed by atoms with Gasteiger partial charge in [0.15, 0.2) is 0 Å². The van der Waals surface area contributed by atoms with E-state index in [0.717, 1.165) is 12.0 Å². The fourth-order valence-electron chi connectivity index (χ4n) is 3.26. The number of rotatable bonds is 2. The molecule has 1 heterocycles. The second-order valence-corrected chi connectivity index (χ2v) is 7.87. The van der Waals surface area contributed by atoms with Crippen molar-refractivity contribution < 1.29 is 0 Å². The summed E-state index contributed by atoms with van der Waals surface area (Å²) < 4.78 is 0. The summed E-state index contributed by atoms with van der Waals surface area (Å²) in [6.45, 7) is 9.57. The van der Waals surface area contributed by atoms with E-state index < -0.39 is 0 Å². The van der Waals surface area contributed by atoms with Crippen LogP contribution in [0.5, 0.6) is 0 Å². The van der Waals surface area contributed by atoms with Crippen LogP contribution >= 0.6 is 11.8 Å². The summed E-state index contributed by atoms with van der Waals surface area (Å²) in [5.74, 6) is 2.25. The highest BCUT2D eigenvalue weighted by Crippen LogP contribution is 2.48. The van der Waals surface area contributed by atoms with Crippen LogP contribution in [0.15, 0.2) is 0 Å². The van der Waals surface area contributed by atoms with E-state index >= 15 is 0 Å². The first kappa shape index (κ1) is 12.8. The van der Waals surface area contributed by atoms with Crippen LogP contribution in [0.1, 0.15) is 59.8 Å². The lowest BCUT2D eigenvalue weighted by Crippen LogP contribution is -2.45. The third-order valence-corrected chi connectivity index (χ3v) is 6.67. The van der Waals surface area contributed by atoms with Gasteiger partial charge in [-0.1, -0.05) is 27.2 Å². The zero-order valence-corrected chi connectivity index (χ0v) is 12.1. The molecule has 0 amide bonds. The number of hydrogen-bond donors (Lipinski definition) is 1. The van der Waals surface area contributed by atoms with Gasteiger partial charge in [-0.25, -0.2) is 0 Å². The van der Waals surface area contributed by atoms with Crippen LogP contribution in [0.2, 0.25) is 0 Å². The van der Waals surface area contributed by atoms with Crippen molar-refractivity contribution in [3.8, 4) is 0 Å². The Labute approximate surface area is 105 Å². The molecule has 1 atom stereocenters. The summed E-state index contributed by atoms with van der Waals surface area (Å²) in [5, 5.41) is 3.82. The molecule has 1 aliphatic heterocycles. The molecule has 0 radical (unpaired) electrons. The highest BCUT2D eigenvalue weighted by molar-refractivity contribution is 8.00. The molecule has 94 valence electrons. The molecule has 1 spiro atoms. The van der Waals surface area contributed by atoms with Crippen LogP contribution in [0.3, 0.4) is 0 Å². The van der Waals surface area contributed by atoms with Gasteiger partial charge in [0.2, 0.25) is 0 Å². The molecule has 2 heteroatoms. The number of thioether (sulfide) groups is 1. The largest absolute Gasteiger partial charge is 0.299 e. The van der Waals surface area contributed by atoms with E-state index in [2.05, 4.69) is 44.8 Å². The highest BCUT2D eigenvalue weighted by atomic mass is 32.2. The molecule has 2 rings (SSSR count). The Bertz CT molecular complexity index is 241. The average Bonchev–Trinajstić information content (AvgIpc) is 2.61. The second-order valence-electron chi connectivity index (χ2n) is 6.47. The topological polar surface area (TPSA) is 12.0 Å². The Hall–Kier alpha value is 0.310. The summed E-state index contributed by atoms with van der Waals surface area (Å²) in [5.41, 5.74) is 0.552. The van der Waals surface area contributed by atoms with Crippen LogP contribution in [0.25, 0.3) is 0 Å². The van der Waals surface area contributed by atoms with Crippen molar-refractivity contribution in [2.24, 2.45) is 11.3 Å². The van der Waals surface area contributed by atoms with E-state index in [1.807, 2.05) is 0 Å². The van der Waals surface area contributed by atoms with Gasteiger partial charge in [0.1, 0.15) is 0 Å². The maximum Gasteiger partial charge on any atom is 0.0648 e. The van der Waals surface area contributed by atoms with Crippen LogP contribution in [0.4, 0.5) is 0 Å². The quantitative estimate of drug-likeness (QED) is 0.783. The van der Waals surface area contributed by atoms with Gasteiger partial charge in [0, 0.05) is 11.8 Å². The van der Waals surface area contributed by atoms with E-state index in [0.29, 0.717) is 10.3 Å². The summed E-state index contributed by atoms with van der Waals surface area (Å²) in [6.07, 6.45) is 6.94. The minimum absolute atomic E-state index is 0.458. The van der Waals surface area contributed by atoms with Gasteiger partial charge < -0.3 is 0 Å². The number of hydrogen-bond acceptors (Lipinski definition) is 2. The van der Waals surface area contributed by atoms with Gasteiger partial charge in [0.25, 0.3) is 0 Å². The summed E-state index contributed by atoms with van der Waals surface area (Å²) in [4.78, 5) is 0.458. The van der Waals surface area contributed by atoms with Crippen molar-refractivity contribution in [1.29, 1.82) is 0 Å². The van der Waals surface area contributed by atoms with Crippen molar-refractivity contribution in [2.75, 3.05) is 5.75 Å². The van der Waals surface area contributed by atoms with E-state index in [4.69, 9.17) is 0 Å². The standard InChI is InChI=1S/C14H27NS/c1-5-13(3,4)12-6-8-14(9-7-12)15-11(2)10-16-14/h11-12,15H,5-10H2,1-4H3. The van der Waals surface area contributed by atoms with Gasteiger partial charge in [-0.05, 0) is 43.9 Å². The average molecular weight is 241 g/mol. The van der Waals surface area contributed by atoms with E-state index in [9.17, 15) is 0 Å². The Kier molecular flexibility index (Phi) is 3.61. The lowest BCUT2D eigenvalue weighted by molar-refractivity contribution is 0.129. The van der Waals surface area contributed by atoms with Crippen LogP contribution in [0, 0.1) is 11.3 Å². The summed E-state index contributed by atoms with van der Waals surface area (Å²) in [7, 11) is 0. The molecule has 1 nitrogen and oxygen atoms in total. The molecular formula is C14H27NS. The first-order chi connectivity index (χ1) is 7.47. The zero-order valence-electron chi connectivity index (χ0n) is 11.3. The van der Waals surface area contributed by atoms with Crippen molar-refractivity contribution in [2.45, 2.75) is 70.7 Å². The van der Waals surface area contributed by atoms with E-state index in [1.165, 1.54) is 37.9 Å². The molecule has 1 saturated carbocycles. The molecule has 1 unspecified atom stereocenters. The molecule has 0 bridgehead atoms. The monoisotopic (exact) mass is 241 g/mol. The maximum absolute atomic E-state index is 3.82. The fraction of sp³-hybridized carbons (Fsp3) is 1.00. The molecule has 0 aromatic heterocycles. The molecule has 1 N–H and O–H groups in total. The predicted molar refractivity (Wildman–Crippen MR) is 73.8 cm³/mol. The molecule has 0 aromatic carbocycles. The van der Waals surface area contributed by atoms with Gasteiger partial charge >= 0.3 is 0 Å². The summed E-state index contributed by atoms with van der Waals surface area (Å²) >= 11 is 2.18. The van der Waals surface area contributed by atoms with Crippen molar-refractivity contribution in [3.05, 3.63) is 0 Å². The second kappa shape index (κ2) is 4.53. The minimum atomic E-state index is 0.458. The molecule has 0 aromatic rings. The maximum atomic E-state index is 3.82. The normalized spacial score (nSPS) is 40.5. The molecular weight excluding hydrogens is 214 g/mol. The number of nitrogens with one attached hydrogen (secondary N) is 1. The summed E-state index contributed by atoms with van der Waals surface area (Å²) in [6, 6.07) is 0.723. The Morgan fingerprint density at radius 1 is 1.31 bits per heavy atom. The van der Waals surface area contributed by atoms with Gasteiger partial charge in [-0.3, -0.25) is 5.32 Å². The lowest BCUT2D eigenvalue weighted by atomic mass is 9.68. The van der Waals surface area contributed by atoms with Gasteiger partial charge in [-0.2, -0.15) is 0 Å². The Morgan fingerprint density at radius 2 is 1.94 bits per heavy atom. The highest BCUT2D eigenvalue weighted by Gasteiger charge is 2.43. The van der Waals surface area contributed by atoms with E-state index in [-0.39, 0.29) is 0 Å². The zero-order chi connectivity index (χ0) is 11.8. The van der Waals surface area contributed by atoms with Crippen molar-refractivity contribution in [1.82, 2.24) is 5.32 Å². The third kappa shape index (κ3) is 2.43. The first-order valence-corrected chi connectivity index (χ1v) is 7.88. The third-order valence-electron chi connectivity index (χ3n) is 4.93. The SMILES string of the molecule is CCC(C)(C)C1CCC2(CC1)NC(C)CS2. The fourth-order valence-corrected chi connectivity index (χ4v) is 4.72. The molecule has 2 aliphatic rings. The Balaban J connectivity index is 1.92. The lowest BCUT2D eigenvalue weighted by Gasteiger charge is -2.43. The van der Waals surface area contributed by atoms with Gasteiger partial charge in [-0.15, -0.1) is 11.8 Å². The van der Waals surface area contributed by atoms with Gasteiger partial charge in [0.05, 0.1) is 4.87 Å².